The monoisotopic (exact) mass is 309 g/mol. The number of hydrogen-bond donors (Lipinski definition) is 2. The third-order valence-electron chi connectivity index (χ3n) is 5.03. The van der Waals surface area contributed by atoms with Gasteiger partial charge < -0.3 is 15.3 Å². The predicted octanol–water partition coefficient (Wildman–Crippen LogP) is 1.83. The molecule has 2 aliphatic rings. The van der Waals surface area contributed by atoms with Gasteiger partial charge in [-0.05, 0) is 25.7 Å². The van der Waals surface area contributed by atoms with E-state index in [4.69, 9.17) is 0 Å². The zero-order valence-corrected chi connectivity index (χ0v) is 13.8. The van der Waals surface area contributed by atoms with Crippen molar-refractivity contribution in [3.8, 4) is 0 Å². The second-order valence-corrected chi connectivity index (χ2v) is 6.81. The zero-order valence-electron chi connectivity index (χ0n) is 13.8. The molecule has 1 aliphatic heterocycles. The summed E-state index contributed by atoms with van der Waals surface area (Å²) in [5.41, 5.74) is 0. The van der Waals surface area contributed by atoms with E-state index in [1.54, 1.807) is 4.90 Å². The number of carbonyl (C=O) groups is 1. The third kappa shape index (κ3) is 4.99. The van der Waals surface area contributed by atoms with E-state index < -0.39 is 0 Å². The standard InChI is InChI=1S/C17H31N3O2/c1-3-10-20-11-8-15(9-12-20)18-17(22)19(2)13-14-6-4-5-7-16(14)21/h3,14-16,21H,1,4-13H2,2H3,(H,18,22)/t14-,16-/m1/s1. The molecule has 0 aromatic heterocycles. The highest BCUT2D eigenvalue weighted by Crippen LogP contribution is 2.24. The molecule has 5 heteroatoms. The summed E-state index contributed by atoms with van der Waals surface area (Å²) in [6.07, 6.45) is 7.86. The van der Waals surface area contributed by atoms with Gasteiger partial charge in [-0.25, -0.2) is 4.79 Å². The molecule has 0 aromatic carbocycles. The molecule has 1 saturated carbocycles. The van der Waals surface area contributed by atoms with E-state index in [0.717, 1.165) is 51.7 Å². The Bertz CT molecular complexity index is 367. The maximum absolute atomic E-state index is 12.3. The van der Waals surface area contributed by atoms with E-state index in [-0.39, 0.29) is 24.1 Å². The number of aliphatic hydroxyl groups excluding tert-OH is 1. The van der Waals surface area contributed by atoms with Crippen LogP contribution < -0.4 is 5.32 Å². The van der Waals surface area contributed by atoms with Crippen LogP contribution in [-0.2, 0) is 0 Å². The molecule has 1 heterocycles. The van der Waals surface area contributed by atoms with Crippen LogP contribution in [0.1, 0.15) is 38.5 Å². The first kappa shape index (κ1) is 17.3. The van der Waals surface area contributed by atoms with Gasteiger partial charge in [0.05, 0.1) is 6.10 Å². The minimum absolute atomic E-state index is 0.0000517. The Morgan fingerprint density at radius 3 is 2.64 bits per heavy atom. The first-order chi connectivity index (χ1) is 10.6. The third-order valence-corrected chi connectivity index (χ3v) is 5.03. The van der Waals surface area contributed by atoms with Crippen LogP contribution in [0.2, 0.25) is 0 Å². The Kier molecular flexibility index (Phi) is 6.70. The molecule has 0 aromatic rings. The summed E-state index contributed by atoms with van der Waals surface area (Å²) in [5, 5.41) is 13.2. The Labute approximate surface area is 134 Å². The largest absolute Gasteiger partial charge is 0.393 e. The Morgan fingerprint density at radius 2 is 2.00 bits per heavy atom. The van der Waals surface area contributed by atoms with Gasteiger partial charge in [0.25, 0.3) is 0 Å². The summed E-state index contributed by atoms with van der Waals surface area (Å²) in [5.74, 6) is 0.235. The number of amides is 2. The van der Waals surface area contributed by atoms with Gasteiger partial charge in [-0.3, -0.25) is 4.90 Å². The molecule has 2 atom stereocenters. The number of aliphatic hydroxyl groups is 1. The van der Waals surface area contributed by atoms with Crippen molar-refractivity contribution >= 4 is 6.03 Å². The first-order valence-electron chi connectivity index (χ1n) is 8.63. The summed E-state index contributed by atoms with van der Waals surface area (Å²) >= 11 is 0. The molecule has 0 spiro atoms. The summed E-state index contributed by atoms with van der Waals surface area (Å²) in [7, 11) is 1.84. The normalized spacial score (nSPS) is 27.4. The van der Waals surface area contributed by atoms with Crippen LogP contribution in [-0.4, -0.2) is 66.3 Å². The van der Waals surface area contributed by atoms with Gasteiger partial charge in [0.15, 0.2) is 0 Å². The molecule has 0 unspecified atom stereocenters. The average molecular weight is 309 g/mol. The summed E-state index contributed by atoms with van der Waals surface area (Å²) in [6, 6.07) is 0.271. The summed E-state index contributed by atoms with van der Waals surface area (Å²) in [6.45, 7) is 7.39. The van der Waals surface area contributed by atoms with E-state index in [1.165, 1.54) is 6.42 Å². The first-order valence-corrected chi connectivity index (χ1v) is 8.63. The predicted molar refractivity (Wildman–Crippen MR) is 88.8 cm³/mol. The summed E-state index contributed by atoms with van der Waals surface area (Å²) < 4.78 is 0. The maximum Gasteiger partial charge on any atom is 0.317 e. The van der Waals surface area contributed by atoms with Crippen molar-refractivity contribution in [1.82, 2.24) is 15.1 Å². The molecule has 2 fully saturated rings. The fraction of sp³-hybridized carbons (Fsp3) is 0.824. The van der Waals surface area contributed by atoms with E-state index in [1.807, 2.05) is 13.1 Å². The van der Waals surface area contributed by atoms with Gasteiger partial charge in [-0.15, -0.1) is 6.58 Å². The highest BCUT2D eigenvalue weighted by Gasteiger charge is 2.27. The van der Waals surface area contributed by atoms with Crippen LogP contribution in [0.15, 0.2) is 12.7 Å². The number of rotatable bonds is 5. The van der Waals surface area contributed by atoms with Gasteiger partial charge >= 0.3 is 6.03 Å². The van der Waals surface area contributed by atoms with Crippen molar-refractivity contribution in [2.45, 2.75) is 50.7 Å². The zero-order chi connectivity index (χ0) is 15.9. The van der Waals surface area contributed by atoms with Crippen LogP contribution in [0.25, 0.3) is 0 Å². The fourth-order valence-corrected chi connectivity index (χ4v) is 3.56. The molecule has 5 nitrogen and oxygen atoms in total. The Hall–Kier alpha value is -1.07. The van der Waals surface area contributed by atoms with Gasteiger partial charge in [-0.2, -0.15) is 0 Å². The van der Waals surface area contributed by atoms with E-state index in [0.29, 0.717) is 6.54 Å². The molecule has 0 bridgehead atoms. The van der Waals surface area contributed by atoms with Crippen LogP contribution >= 0.6 is 0 Å². The van der Waals surface area contributed by atoms with Crippen molar-refractivity contribution < 1.29 is 9.90 Å². The number of piperidine rings is 1. The number of nitrogens with zero attached hydrogens (tertiary/aromatic N) is 2. The average Bonchev–Trinajstić information content (AvgIpc) is 2.51. The Balaban J connectivity index is 1.71. The van der Waals surface area contributed by atoms with Gasteiger partial charge in [0.1, 0.15) is 0 Å². The number of likely N-dealkylation sites (tertiary alicyclic amines) is 1. The van der Waals surface area contributed by atoms with Crippen LogP contribution in [0.3, 0.4) is 0 Å². The molecular formula is C17H31N3O2. The maximum atomic E-state index is 12.3. The number of carbonyl (C=O) groups excluding carboxylic acids is 1. The minimum atomic E-state index is -0.244. The van der Waals surface area contributed by atoms with Crippen molar-refractivity contribution in [3.05, 3.63) is 12.7 Å². The number of nitrogens with one attached hydrogen (secondary N) is 1. The molecule has 22 heavy (non-hydrogen) atoms. The van der Waals surface area contributed by atoms with Gasteiger partial charge in [0.2, 0.25) is 0 Å². The minimum Gasteiger partial charge on any atom is -0.393 e. The van der Waals surface area contributed by atoms with E-state index in [2.05, 4.69) is 16.8 Å². The molecule has 2 amide bonds. The second-order valence-electron chi connectivity index (χ2n) is 6.81. The SMILES string of the molecule is C=CCN1CCC(NC(=O)N(C)C[C@H]2CCCC[C@H]2O)CC1. The lowest BCUT2D eigenvalue weighted by molar-refractivity contribution is 0.0560. The molecule has 1 saturated heterocycles. The number of urea groups is 1. The van der Waals surface area contributed by atoms with Crippen LogP contribution in [0.5, 0.6) is 0 Å². The summed E-state index contributed by atoms with van der Waals surface area (Å²) in [4.78, 5) is 16.4. The molecule has 0 radical (unpaired) electrons. The van der Waals surface area contributed by atoms with Gasteiger partial charge in [0, 0.05) is 45.2 Å². The quantitative estimate of drug-likeness (QED) is 0.762. The lowest BCUT2D eigenvalue weighted by atomic mass is 9.86. The van der Waals surface area contributed by atoms with Crippen LogP contribution in [0.4, 0.5) is 4.79 Å². The second kappa shape index (κ2) is 8.53. The smallest absolute Gasteiger partial charge is 0.317 e. The molecule has 1 aliphatic carbocycles. The molecule has 2 rings (SSSR count). The highest BCUT2D eigenvalue weighted by molar-refractivity contribution is 5.74. The lowest BCUT2D eigenvalue weighted by Crippen LogP contribution is -2.49. The molecular weight excluding hydrogens is 278 g/mol. The van der Waals surface area contributed by atoms with Crippen molar-refractivity contribution in [3.63, 3.8) is 0 Å². The van der Waals surface area contributed by atoms with Gasteiger partial charge in [-0.1, -0.05) is 18.9 Å². The highest BCUT2D eigenvalue weighted by atomic mass is 16.3. The molecule has 2 N–H and O–H groups in total. The Morgan fingerprint density at radius 1 is 1.32 bits per heavy atom. The number of hydrogen-bond acceptors (Lipinski definition) is 3. The van der Waals surface area contributed by atoms with E-state index in [9.17, 15) is 9.90 Å². The lowest BCUT2D eigenvalue weighted by Gasteiger charge is -2.34. The fourth-order valence-electron chi connectivity index (χ4n) is 3.56. The topological polar surface area (TPSA) is 55.8 Å². The van der Waals surface area contributed by atoms with E-state index >= 15 is 0 Å². The molecule has 126 valence electrons. The van der Waals surface area contributed by atoms with Crippen molar-refractivity contribution in [1.29, 1.82) is 0 Å². The van der Waals surface area contributed by atoms with Crippen molar-refractivity contribution in [2.75, 3.05) is 33.2 Å². The van der Waals surface area contributed by atoms with Crippen molar-refractivity contribution in [2.24, 2.45) is 5.92 Å². The van der Waals surface area contributed by atoms with Crippen LogP contribution in [0, 0.1) is 5.92 Å².